The molecular weight excluding hydrogens is 336 g/mol. The van der Waals surface area contributed by atoms with Crippen molar-refractivity contribution in [3.05, 3.63) is 29.6 Å². The molecule has 0 aliphatic carbocycles. The largest absolute Gasteiger partial charge is 0.330 e. The minimum atomic E-state index is 0. The summed E-state index contributed by atoms with van der Waals surface area (Å²) in [4.78, 5) is 15.6. The summed E-state index contributed by atoms with van der Waals surface area (Å²) in [5, 5.41) is 0.716. The van der Waals surface area contributed by atoms with Crippen LogP contribution in [-0.4, -0.2) is 15.3 Å². The molecule has 1 heterocycles. The topological polar surface area (TPSA) is 34.9 Å². The molecule has 0 amide bonds. The normalized spacial score (nSPS) is 10.2. The van der Waals surface area contributed by atoms with Gasteiger partial charge in [-0.1, -0.05) is 15.9 Å². The van der Waals surface area contributed by atoms with Gasteiger partial charge in [-0.2, -0.15) is 0 Å². The monoisotopic (exact) mass is 346 g/mol. The van der Waals surface area contributed by atoms with E-state index < -0.39 is 0 Å². The lowest BCUT2D eigenvalue weighted by Gasteiger charge is -1.98. The van der Waals surface area contributed by atoms with Crippen LogP contribution in [-0.2, 0) is 12.4 Å². The Hall–Kier alpha value is -0.680. The third-order valence-electron chi connectivity index (χ3n) is 2.50. The lowest BCUT2D eigenvalue weighted by atomic mass is 10.1. The van der Waals surface area contributed by atoms with Crippen molar-refractivity contribution in [1.82, 2.24) is 9.55 Å². The van der Waals surface area contributed by atoms with Crippen molar-refractivity contribution in [2.24, 2.45) is 7.05 Å². The van der Waals surface area contributed by atoms with Crippen molar-refractivity contribution < 1.29 is 4.79 Å². The number of nitrogens with zero attached hydrogens (tertiary/aromatic N) is 2. The van der Waals surface area contributed by atoms with Crippen LogP contribution in [0.5, 0.6) is 0 Å². The molecule has 0 radical (unpaired) electrons. The highest BCUT2D eigenvalue weighted by atomic mass is 79.9. The number of carbonyl (C=O) groups excluding carboxylic acids is 1. The van der Waals surface area contributed by atoms with Gasteiger partial charge in [-0.25, -0.2) is 4.98 Å². The zero-order valence-corrected chi connectivity index (χ0v) is 12.3. The van der Waals surface area contributed by atoms with E-state index in [0.29, 0.717) is 10.9 Å². The maximum atomic E-state index is 11.2. The molecule has 0 unspecified atom stereocenters. The molecule has 5 heteroatoms. The zero-order chi connectivity index (χ0) is 11.0. The van der Waals surface area contributed by atoms with Gasteiger partial charge in [-0.3, -0.25) is 4.79 Å². The number of hydrogen-bond acceptors (Lipinski definition) is 2. The highest BCUT2D eigenvalue weighted by molar-refractivity contribution is 9.08. The van der Waals surface area contributed by atoms with Gasteiger partial charge in [0.05, 0.1) is 16.4 Å². The number of aryl methyl sites for hydroxylation is 1. The van der Waals surface area contributed by atoms with E-state index in [-0.39, 0.29) is 22.8 Å². The van der Waals surface area contributed by atoms with Crippen molar-refractivity contribution in [1.29, 1.82) is 0 Å². The lowest BCUT2D eigenvalue weighted by molar-refractivity contribution is 0.101. The molecule has 0 bridgehead atoms. The molecule has 0 aliphatic heterocycles. The standard InChI is InChI=1S/C11H11BrN2O.BrH/c1-7(15)8-3-4-10-9(5-8)13-11(6-12)14(10)2;/h3-5H,6H2,1-2H3;1H. The fourth-order valence-electron chi connectivity index (χ4n) is 1.59. The van der Waals surface area contributed by atoms with E-state index in [9.17, 15) is 4.79 Å². The van der Waals surface area contributed by atoms with E-state index in [4.69, 9.17) is 0 Å². The number of Topliss-reactive ketones (excluding diaryl/α,β-unsaturated/α-hetero) is 1. The third kappa shape index (κ3) is 2.20. The molecule has 0 saturated heterocycles. The van der Waals surface area contributed by atoms with Gasteiger partial charge in [0.25, 0.3) is 0 Å². The molecule has 0 spiro atoms. The molecule has 0 aliphatic rings. The summed E-state index contributed by atoms with van der Waals surface area (Å²) in [5.41, 5.74) is 2.64. The number of hydrogen-bond donors (Lipinski definition) is 0. The molecule has 0 N–H and O–H groups in total. The van der Waals surface area contributed by atoms with Crippen LogP contribution in [0.15, 0.2) is 18.2 Å². The van der Waals surface area contributed by atoms with E-state index >= 15 is 0 Å². The smallest absolute Gasteiger partial charge is 0.159 e. The second-order valence-electron chi connectivity index (χ2n) is 3.48. The summed E-state index contributed by atoms with van der Waals surface area (Å²) >= 11 is 3.38. The number of carbonyl (C=O) groups is 1. The molecule has 2 rings (SSSR count). The van der Waals surface area contributed by atoms with Gasteiger partial charge in [-0.15, -0.1) is 17.0 Å². The second-order valence-corrected chi connectivity index (χ2v) is 4.04. The Morgan fingerprint density at radius 2 is 2.19 bits per heavy atom. The minimum Gasteiger partial charge on any atom is -0.330 e. The molecular formula is C11H12Br2N2O. The number of alkyl halides is 1. The maximum absolute atomic E-state index is 11.2. The molecule has 0 atom stereocenters. The Balaban J connectivity index is 0.00000128. The number of benzene rings is 1. The summed E-state index contributed by atoms with van der Waals surface area (Å²) in [6.07, 6.45) is 0. The molecule has 0 fully saturated rings. The molecule has 3 nitrogen and oxygen atoms in total. The molecule has 86 valence electrons. The van der Waals surface area contributed by atoms with Gasteiger partial charge in [-0.05, 0) is 25.1 Å². The second kappa shape index (κ2) is 5.10. The lowest BCUT2D eigenvalue weighted by Crippen LogP contribution is -1.94. The van der Waals surface area contributed by atoms with Crippen LogP contribution < -0.4 is 0 Å². The van der Waals surface area contributed by atoms with Crippen LogP contribution in [0.1, 0.15) is 23.1 Å². The quantitative estimate of drug-likeness (QED) is 0.617. The summed E-state index contributed by atoms with van der Waals surface area (Å²) in [6, 6.07) is 5.61. The fourth-order valence-corrected chi connectivity index (χ4v) is 2.09. The van der Waals surface area contributed by atoms with Crippen molar-refractivity contribution in [2.75, 3.05) is 0 Å². The number of imidazole rings is 1. The van der Waals surface area contributed by atoms with E-state index in [1.165, 1.54) is 0 Å². The number of aromatic nitrogens is 2. The van der Waals surface area contributed by atoms with Gasteiger partial charge in [0, 0.05) is 12.6 Å². The Morgan fingerprint density at radius 1 is 1.50 bits per heavy atom. The molecule has 1 aromatic heterocycles. The minimum absolute atomic E-state index is 0. The van der Waals surface area contributed by atoms with E-state index in [1.807, 2.05) is 29.8 Å². The molecule has 2 aromatic rings. The average Bonchev–Trinajstić information content (AvgIpc) is 2.55. The van der Waals surface area contributed by atoms with Gasteiger partial charge in [0.15, 0.2) is 5.78 Å². The maximum Gasteiger partial charge on any atom is 0.159 e. The highest BCUT2D eigenvalue weighted by Crippen LogP contribution is 2.18. The highest BCUT2D eigenvalue weighted by Gasteiger charge is 2.08. The molecule has 0 saturated carbocycles. The third-order valence-corrected chi connectivity index (χ3v) is 3.00. The first-order valence-corrected chi connectivity index (χ1v) is 5.78. The predicted molar refractivity (Wildman–Crippen MR) is 73.7 cm³/mol. The van der Waals surface area contributed by atoms with Gasteiger partial charge >= 0.3 is 0 Å². The van der Waals surface area contributed by atoms with E-state index in [2.05, 4.69) is 20.9 Å². The van der Waals surface area contributed by atoms with Crippen LogP contribution in [0.3, 0.4) is 0 Å². The first kappa shape index (κ1) is 13.4. The summed E-state index contributed by atoms with van der Waals surface area (Å²) in [7, 11) is 1.97. The molecule has 1 aromatic carbocycles. The fraction of sp³-hybridized carbons (Fsp3) is 0.273. The Morgan fingerprint density at radius 3 is 2.75 bits per heavy atom. The van der Waals surface area contributed by atoms with Gasteiger partial charge < -0.3 is 4.57 Å². The summed E-state index contributed by atoms with van der Waals surface area (Å²) in [5.74, 6) is 1.04. The summed E-state index contributed by atoms with van der Waals surface area (Å²) < 4.78 is 2.02. The van der Waals surface area contributed by atoms with Crippen molar-refractivity contribution >= 4 is 49.7 Å². The van der Waals surface area contributed by atoms with E-state index in [0.717, 1.165) is 16.9 Å². The SMILES string of the molecule is Br.CC(=O)c1ccc2c(c1)nc(CBr)n2C. The Kier molecular flexibility index (Phi) is 4.27. The van der Waals surface area contributed by atoms with Gasteiger partial charge in [0.2, 0.25) is 0 Å². The van der Waals surface area contributed by atoms with Crippen molar-refractivity contribution in [3.63, 3.8) is 0 Å². The van der Waals surface area contributed by atoms with Gasteiger partial charge in [0.1, 0.15) is 5.82 Å². The number of fused-ring (bicyclic) bond motifs is 1. The van der Waals surface area contributed by atoms with Crippen LogP contribution in [0.2, 0.25) is 0 Å². The molecule has 16 heavy (non-hydrogen) atoms. The number of halogens is 2. The van der Waals surface area contributed by atoms with Crippen LogP contribution >= 0.6 is 32.9 Å². The van der Waals surface area contributed by atoms with Crippen molar-refractivity contribution in [3.8, 4) is 0 Å². The van der Waals surface area contributed by atoms with Crippen LogP contribution in [0.25, 0.3) is 11.0 Å². The first-order chi connectivity index (χ1) is 7.13. The van der Waals surface area contributed by atoms with Crippen LogP contribution in [0, 0.1) is 0 Å². The van der Waals surface area contributed by atoms with E-state index in [1.54, 1.807) is 6.92 Å². The first-order valence-electron chi connectivity index (χ1n) is 4.65. The Bertz CT molecular complexity index is 534. The number of ketones is 1. The predicted octanol–water partition coefficient (Wildman–Crippen LogP) is 3.25. The zero-order valence-electron chi connectivity index (χ0n) is 9.03. The Labute approximate surface area is 113 Å². The number of rotatable bonds is 2. The van der Waals surface area contributed by atoms with Crippen molar-refractivity contribution in [2.45, 2.75) is 12.3 Å². The average molecular weight is 348 g/mol. The summed E-state index contributed by atoms with van der Waals surface area (Å²) in [6.45, 7) is 1.56. The van der Waals surface area contributed by atoms with Crippen LogP contribution in [0.4, 0.5) is 0 Å².